The molecule has 0 saturated carbocycles. The summed E-state index contributed by atoms with van der Waals surface area (Å²) >= 11 is 0. The first kappa shape index (κ1) is 18.6. The predicted molar refractivity (Wildman–Crippen MR) is 114 cm³/mol. The Morgan fingerprint density at radius 2 is 1.79 bits per heavy atom. The van der Waals surface area contributed by atoms with Crippen LogP contribution in [-0.4, -0.2) is 25.4 Å². The summed E-state index contributed by atoms with van der Waals surface area (Å²) in [7, 11) is 3.38. The molecule has 4 rings (SSSR count). The van der Waals surface area contributed by atoms with Crippen LogP contribution >= 0.6 is 0 Å². The summed E-state index contributed by atoms with van der Waals surface area (Å²) in [5, 5.41) is 16.2. The number of phenols is 1. The molecule has 0 radical (unpaired) electrons. The number of aromatic hydroxyl groups is 1. The number of methoxy groups -OCH3 is 2. The van der Waals surface area contributed by atoms with Gasteiger partial charge in [-0.1, -0.05) is 18.2 Å². The van der Waals surface area contributed by atoms with Crippen LogP contribution in [0.2, 0.25) is 0 Å². The van der Waals surface area contributed by atoms with Crippen LogP contribution in [0.4, 0.5) is 0 Å². The summed E-state index contributed by atoms with van der Waals surface area (Å²) in [6, 6.07) is 12.5. The van der Waals surface area contributed by atoms with Gasteiger partial charge in [0.1, 0.15) is 17.2 Å². The van der Waals surface area contributed by atoms with E-state index in [1.807, 2.05) is 24.3 Å². The fraction of sp³-hybridized carbons (Fsp3) is 0.333. The minimum Gasteiger partial charge on any atom is -0.508 e. The van der Waals surface area contributed by atoms with E-state index in [9.17, 15) is 5.11 Å². The van der Waals surface area contributed by atoms with Crippen molar-refractivity contribution in [2.24, 2.45) is 0 Å². The van der Waals surface area contributed by atoms with Gasteiger partial charge in [-0.15, -0.1) is 0 Å². The van der Waals surface area contributed by atoms with Crippen molar-refractivity contribution in [3.63, 3.8) is 0 Å². The van der Waals surface area contributed by atoms with Gasteiger partial charge in [-0.2, -0.15) is 0 Å². The van der Waals surface area contributed by atoms with E-state index in [4.69, 9.17) is 9.47 Å². The molecule has 3 aromatic rings. The molecule has 0 fully saturated rings. The lowest BCUT2D eigenvalue weighted by Gasteiger charge is -2.32. The van der Waals surface area contributed by atoms with Crippen molar-refractivity contribution in [1.29, 1.82) is 0 Å². The zero-order chi connectivity index (χ0) is 20.0. The Kier molecular flexibility index (Phi) is 4.68. The number of ether oxygens (including phenoxy) is 2. The summed E-state index contributed by atoms with van der Waals surface area (Å²) in [6.07, 6.45) is 0.875. The number of hydrogen-bond acceptors (Lipinski definition) is 4. The van der Waals surface area contributed by atoms with Crippen molar-refractivity contribution in [3.05, 3.63) is 53.1 Å². The molecule has 2 atom stereocenters. The van der Waals surface area contributed by atoms with E-state index >= 15 is 0 Å². The van der Waals surface area contributed by atoms with Crippen LogP contribution in [0, 0.1) is 6.92 Å². The first-order valence-electron chi connectivity index (χ1n) is 9.71. The van der Waals surface area contributed by atoms with E-state index in [0.717, 1.165) is 39.8 Å². The number of benzene rings is 3. The minimum atomic E-state index is 0.109. The maximum atomic E-state index is 10.6. The Morgan fingerprint density at radius 1 is 1.04 bits per heavy atom. The highest BCUT2D eigenvalue weighted by molar-refractivity contribution is 6.05. The number of rotatable bonds is 3. The van der Waals surface area contributed by atoms with Gasteiger partial charge >= 0.3 is 0 Å². The maximum Gasteiger partial charge on any atom is 0.130 e. The Labute approximate surface area is 166 Å². The number of phenolic OH excluding ortho intramolecular Hbond substituents is 1. The number of hydrogen-bond donors (Lipinski definition) is 2. The van der Waals surface area contributed by atoms with Crippen molar-refractivity contribution in [2.75, 3.05) is 14.2 Å². The van der Waals surface area contributed by atoms with E-state index in [1.165, 1.54) is 16.7 Å². The predicted octanol–water partition coefficient (Wildman–Crippen LogP) is 5.13. The monoisotopic (exact) mass is 377 g/mol. The molecule has 2 N–H and O–H groups in total. The second-order valence-electron chi connectivity index (χ2n) is 7.67. The van der Waals surface area contributed by atoms with Gasteiger partial charge in [0.15, 0.2) is 0 Å². The lowest BCUT2D eigenvalue weighted by Crippen LogP contribution is -2.36. The number of nitrogens with one attached hydrogen (secondary N) is 1. The molecule has 0 unspecified atom stereocenters. The van der Waals surface area contributed by atoms with Crippen molar-refractivity contribution < 1.29 is 14.6 Å². The fourth-order valence-electron chi connectivity index (χ4n) is 4.70. The molecule has 146 valence electrons. The Hall–Kier alpha value is -2.72. The number of fused-ring (bicyclic) bond motifs is 2. The number of aryl methyl sites for hydroxylation is 1. The summed E-state index contributed by atoms with van der Waals surface area (Å²) in [6.45, 7) is 6.42. The van der Waals surface area contributed by atoms with Crippen molar-refractivity contribution in [3.8, 4) is 28.4 Å². The lowest BCUT2D eigenvalue weighted by atomic mass is 9.82. The molecule has 1 aliphatic rings. The van der Waals surface area contributed by atoms with Crippen molar-refractivity contribution >= 4 is 10.8 Å². The summed E-state index contributed by atoms with van der Waals surface area (Å²) in [5.41, 5.74) is 5.71. The summed E-state index contributed by atoms with van der Waals surface area (Å²) < 4.78 is 11.3. The third kappa shape index (κ3) is 2.80. The molecule has 0 bridgehead atoms. The van der Waals surface area contributed by atoms with Crippen molar-refractivity contribution in [1.82, 2.24) is 5.32 Å². The van der Waals surface area contributed by atoms with Gasteiger partial charge in [-0.3, -0.25) is 0 Å². The van der Waals surface area contributed by atoms with Crippen LogP contribution in [0.1, 0.15) is 36.6 Å². The van der Waals surface area contributed by atoms with Gasteiger partial charge in [0, 0.05) is 17.6 Å². The van der Waals surface area contributed by atoms with Crippen LogP contribution in [0.3, 0.4) is 0 Å². The average Bonchev–Trinajstić information content (AvgIpc) is 2.67. The van der Waals surface area contributed by atoms with Gasteiger partial charge in [0.05, 0.1) is 19.6 Å². The highest BCUT2D eigenvalue weighted by Crippen LogP contribution is 2.45. The molecule has 1 aliphatic heterocycles. The lowest BCUT2D eigenvalue weighted by molar-refractivity contribution is 0.405. The smallest absolute Gasteiger partial charge is 0.130 e. The zero-order valence-electron chi connectivity index (χ0n) is 17.1. The topological polar surface area (TPSA) is 50.7 Å². The molecular weight excluding hydrogens is 350 g/mol. The van der Waals surface area contributed by atoms with Crippen molar-refractivity contribution in [2.45, 2.75) is 39.3 Å². The fourth-order valence-corrected chi connectivity index (χ4v) is 4.70. The summed E-state index contributed by atoms with van der Waals surface area (Å²) in [5.74, 6) is 1.97. The van der Waals surface area contributed by atoms with E-state index in [-0.39, 0.29) is 6.04 Å². The van der Waals surface area contributed by atoms with E-state index in [1.54, 1.807) is 14.2 Å². The average molecular weight is 377 g/mol. The first-order valence-corrected chi connectivity index (χ1v) is 9.71. The van der Waals surface area contributed by atoms with Gasteiger partial charge in [-0.25, -0.2) is 0 Å². The molecule has 4 heteroatoms. The molecule has 0 saturated heterocycles. The van der Waals surface area contributed by atoms with Gasteiger partial charge in [0.2, 0.25) is 0 Å². The molecular formula is C24H27NO3. The molecule has 3 aromatic carbocycles. The third-order valence-corrected chi connectivity index (χ3v) is 5.80. The quantitative estimate of drug-likeness (QED) is 0.664. The highest BCUT2D eigenvalue weighted by Gasteiger charge is 2.27. The first-order chi connectivity index (χ1) is 13.5. The normalized spacial score (nSPS) is 18.8. The standard InChI is InChI=1S/C24H27NO3/c1-13-11-21(28-5)24-17(7-6-8-20(24)27-4)22(13)16-9-10-19(26)23-15(3)25-14(2)12-18(16)23/h6-11,14-15,25-26H,12H2,1-5H3/t14-,15+/m1/s1. The van der Waals surface area contributed by atoms with Crippen LogP contribution in [0.15, 0.2) is 36.4 Å². The highest BCUT2D eigenvalue weighted by atomic mass is 16.5. The largest absolute Gasteiger partial charge is 0.508 e. The molecule has 1 heterocycles. The van der Waals surface area contributed by atoms with E-state index < -0.39 is 0 Å². The second kappa shape index (κ2) is 7.02. The Morgan fingerprint density at radius 3 is 2.50 bits per heavy atom. The second-order valence-corrected chi connectivity index (χ2v) is 7.67. The van der Waals surface area contributed by atoms with Crippen LogP contribution < -0.4 is 14.8 Å². The van der Waals surface area contributed by atoms with Crippen LogP contribution in [0.5, 0.6) is 17.2 Å². The zero-order valence-corrected chi connectivity index (χ0v) is 17.1. The molecule has 0 spiro atoms. The van der Waals surface area contributed by atoms with E-state index in [0.29, 0.717) is 11.8 Å². The molecule has 28 heavy (non-hydrogen) atoms. The van der Waals surface area contributed by atoms with Gasteiger partial charge in [-0.05, 0) is 73.0 Å². The Balaban J connectivity index is 2.09. The van der Waals surface area contributed by atoms with Crippen LogP contribution in [-0.2, 0) is 6.42 Å². The molecule has 4 nitrogen and oxygen atoms in total. The van der Waals surface area contributed by atoms with E-state index in [2.05, 4.69) is 38.2 Å². The van der Waals surface area contributed by atoms with Gasteiger partial charge in [0.25, 0.3) is 0 Å². The summed E-state index contributed by atoms with van der Waals surface area (Å²) in [4.78, 5) is 0. The van der Waals surface area contributed by atoms with Gasteiger partial charge < -0.3 is 19.9 Å². The molecule has 0 amide bonds. The Bertz CT molecular complexity index is 1060. The molecule has 0 aliphatic carbocycles. The molecule has 0 aromatic heterocycles. The SMILES string of the molecule is COc1cccc2c(-c3ccc(O)c4c3C[C@@H](C)N[C@H]4C)c(C)cc(OC)c12. The third-order valence-electron chi connectivity index (χ3n) is 5.80. The minimum absolute atomic E-state index is 0.109. The van der Waals surface area contributed by atoms with Crippen LogP contribution in [0.25, 0.3) is 21.9 Å². The maximum absolute atomic E-state index is 10.6.